The van der Waals surface area contributed by atoms with Crippen molar-refractivity contribution in [3.05, 3.63) is 71.4 Å². The SMILES string of the molecule is Cc1ncnc(N2CCOCC2)c1C#Cc1cncc(NS(=O)c2ccc(F)cc2F)c1. The summed E-state index contributed by atoms with van der Waals surface area (Å²) in [5.74, 6) is 5.28. The number of nitrogens with zero attached hydrogens (tertiary/aromatic N) is 4. The van der Waals surface area contributed by atoms with Crippen LogP contribution in [-0.4, -0.2) is 45.5 Å². The molecule has 0 spiro atoms. The molecule has 1 unspecified atom stereocenters. The van der Waals surface area contributed by atoms with E-state index in [9.17, 15) is 13.0 Å². The van der Waals surface area contributed by atoms with Gasteiger partial charge in [-0.05, 0) is 25.1 Å². The van der Waals surface area contributed by atoms with Crippen molar-refractivity contribution >= 4 is 22.5 Å². The molecule has 1 aliphatic heterocycles. The summed E-state index contributed by atoms with van der Waals surface area (Å²) >= 11 is 0. The van der Waals surface area contributed by atoms with Crippen LogP contribution in [0.4, 0.5) is 20.3 Å². The summed E-state index contributed by atoms with van der Waals surface area (Å²) in [7, 11) is -1.93. The van der Waals surface area contributed by atoms with Crippen LogP contribution in [0, 0.1) is 30.4 Å². The molecule has 1 atom stereocenters. The number of ether oxygens (including phenoxy) is 1. The van der Waals surface area contributed by atoms with E-state index in [-0.39, 0.29) is 4.90 Å². The number of benzene rings is 1. The number of aromatic nitrogens is 3. The number of halogens is 2. The fourth-order valence-corrected chi connectivity index (χ4v) is 3.97. The average Bonchev–Trinajstić information content (AvgIpc) is 2.79. The number of anilines is 2. The van der Waals surface area contributed by atoms with Crippen LogP contribution in [0.2, 0.25) is 0 Å². The Hall–Kier alpha value is -3.42. The Morgan fingerprint density at radius 3 is 2.72 bits per heavy atom. The lowest BCUT2D eigenvalue weighted by Gasteiger charge is -2.28. The third kappa shape index (κ3) is 5.07. The summed E-state index contributed by atoms with van der Waals surface area (Å²) in [6, 6.07) is 4.52. The molecule has 1 saturated heterocycles. The number of hydrogen-bond donors (Lipinski definition) is 1. The van der Waals surface area contributed by atoms with E-state index in [1.54, 1.807) is 12.3 Å². The van der Waals surface area contributed by atoms with Gasteiger partial charge in [-0.3, -0.25) is 9.71 Å². The zero-order valence-electron chi connectivity index (χ0n) is 17.1. The van der Waals surface area contributed by atoms with Crippen LogP contribution in [0.25, 0.3) is 0 Å². The van der Waals surface area contributed by atoms with E-state index in [0.29, 0.717) is 36.1 Å². The summed E-state index contributed by atoms with van der Waals surface area (Å²) in [4.78, 5) is 14.7. The molecule has 0 amide bonds. The predicted octanol–water partition coefficient (Wildman–Crippen LogP) is 2.83. The van der Waals surface area contributed by atoms with Gasteiger partial charge in [0.05, 0.1) is 41.3 Å². The van der Waals surface area contributed by atoms with Crippen molar-refractivity contribution in [2.24, 2.45) is 0 Å². The first-order valence-electron chi connectivity index (χ1n) is 9.76. The molecule has 7 nitrogen and oxygen atoms in total. The van der Waals surface area contributed by atoms with Crippen LogP contribution in [0.3, 0.4) is 0 Å². The Bertz CT molecular complexity index is 1220. The molecular formula is C22H19F2N5O2S. The lowest BCUT2D eigenvalue weighted by molar-refractivity contribution is 0.122. The molecule has 0 bridgehead atoms. The van der Waals surface area contributed by atoms with Gasteiger partial charge in [-0.2, -0.15) is 0 Å². The van der Waals surface area contributed by atoms with Crippen LogP contribution in [0.5, 0.6) is 0 Å². The molecule has 1 aromatic carbocycles. The molecule has 164 valence electrons. The van der Waals surface area contributed by atoms with E-state index in [0.717, 1.165) is 36.7 Å². The van der Waals surface area contributed by atoms with Crippen molar-refractivity contribution in [1.82, 2.24) is 15.0 Å². The topological polar surface area (TPSA) is 80.2 Å². The quantitative estimate of drug-likeness (QED) is 0.610. The van der Waals surface area contributed by atoms with E-state index in [1.807, 2.05) is 6.92 Å². The summed E-state index contributed by atoms with van der Waals surface area (Å²) < 4.78 is 47.5. The largest absolute Gasteiger partial charge is 0.378 e. The number of pyridine rings is 1. The van der Waals surface area contributed by atoms with Gasteiger partial charge in [-0.15, -0.1) is 0 Å². The van der Waals surface area contributed by atoms with Crippen LogP contribution in [0.1, 0.15) is 16.8 Å². The standard InChI is InChI=1S/C22H19F2N5O2S/c1-15-19(22(27-14-26-15)29-6-8-31-9-7-29)4-2-16-10-18(13-25-12-16)28-32(30)21-5-3-17(23)11-20(21)24/h3,5,10-14,28H,6-9H2,1H3. The van der Waals surface area contributed by atoms with Gasteiger partial charge < -0.3 is 9.64 Å². The Balaban J connectivity index is 1.56. The van der Waals surface area contributed by atoms with Gasteiger partial charge in [0.15, 0.2) is 11.0 Å². The van der Waals surface area contributed by atoms with E-state index >= 15 is 0 Å². The van der Waals surface area contributed by atoms with Crippen LogP contribution >= 0.6 is 0 Å². The molecule has 4 rings (SSSR count). The number of nitrogens with one attached hydrogen (secondary N) is 1. The van der Waals surface area contributed by atoms with E-state index < -0.39 is 22.6 Å². The molecule has 3 heterocycles. The second-order valence-corrected chi connectivity index (χ2v) is 8.10. The van der Waals surface area contributed by atoms with Crippen LogP contribution in [0.15, 0.2) is 47.9 Å². The lowest BCUT2D eigenvalue weighted by atomic mass is 10.2. The maximum Gasteiger partial charge on any atom is 0.153 e. The maximum atomic E-state index is 13.9. The van der Waals surface area contributed by atoms with Gasteiger partial charge in [0.1, 0.15) is 23.8 Å². The highest BCUT2D eigenvalue weighted by Crippen LogP contribution is 2.20. The van der Waals surface area contributed by atoms with E-state index in [1.165, 1.54) is 12.5 Å². The van der Waals surface area contributed by atoms with Gasteiger partial charge in [0.2, 0.25) is 0 Å². The molecule has 0 radical (unpaired) electrons. The minimum absolute atomic E-state index is 0.157. The molecule has 0 aliphatic carbocycles. The molecule has 1 fully saturated rings. The molecule has 3 aromatic rings. The molecule has 1 aliphatic rings. The first-order chi connectivity index (χ1) is 15.5. The van der Waals surface area contributed by atoms with Gasteiger partial charge >= 0.3 is 0 Å². The fourth-order valence-electron chi connectivity index (χ4n) is 3.11. The molecule has 10 heteroatoms. The van der Waals surface area contributed by atoms with E-state index in [4.69, 9.17) is 4.74 Å². The number of aryl methyl sites for hydroxylation is 1. The third-order valence-corrected chi connectivity index (χ3v) is 5.85. The fraction of sp³-hybridized carbons (Fsp3) is 0.227. The highest BCUT2D eigenvalue weighted by atomic mass is 32.2. The normalized spacial score (nSPS) is 14.4. The Labute approximate surface area is 186 Å². The highest BCUT2D eigenvalue weighted by molar-refractivity contribution is 7.86. The van der Waals surface area contributed by atoms with Gasteiger partial charge in [-0.1, -0.05) is 11.8 Å². The third-order valence-electron chi connectivity index (χ3n) is 4.70. The number of rotatable bonds is 4. The Kier molecular flexibility index (Phi) is 6.68. The van der Waals surface area contributed by atoms with Crippen molar-refractivity contribution in [1.29, 1.82) is 0 Å². The monoisotopic (exact) mass is 455 g/mol. The molecule has 2 aromatic heterocycles. The number of morpholine rings is 1. The minimum atomic E-state index is -1.93. The summed E-state index contributed by atoms with van der Waals surface area (Å²) in [5.41, 5.74) is 2.41. The first kappa shape index (κ1) is 21.8. The molecule has 32 heavy (non-hydrogen) atoms. The minimum Gasteiger partial charge on any atom is -0.378 e. The maximum absolute atomic E-state index is 13.9. The average molecular weight is 455 g/mol. The molecule has 1 N–H and O–H groups in total. The van der Waals surface area contributed by atoms with Crippen molar-refractivity contribution in [3.63, 3.8) is 0 Å². The smallest absolute Gasteiger partial charge is 0.153 e. The van der Waals surface area contributed by atoms with Crippen LogP contribution < -0.4 is 9.62 Å². The van der Waals surface area contributed by atoms with Gasteiger partial charge in [0, 0.05) is 30.9 Å². The molecule has 0 saturated carbocycles. The zero-order valence-corrected chi connectivity index (χ0v) is 18.0. The van der Waals surface area contributed by atoms with Crippen LogP contribution in [-0.2, 0) is 15.7 Å². The predicted molar refractivity (Wildman–Crippen MR) is 116 cm³/mol. The Morgan fingerprint density at radius 2 is 1.94 bits per heavy atom. The van der Waals surface area contributed by atoms with Crippen molar-refractivity contribution in [2.75, 3.05) is 35.9 Å². The second kappa shape index (κ2) is 9.80. The summed E-state index contributed by atoms with van der Waals surface area (Å²) in [6.07, 6.45) is 4.52. The van der Waals surface area contributed by atoms with Crippen molar-refractivity contribution < 1.29 is 17.7 Å². The highest BCUT2D eigenvalue weighted by Gasteiger charge is 2.17. The second-order valence-electron chi connectivity index (χ2n) is 6.91. The van der Waals surface area contributed by atoms with E-state index in [2.05, 4.69) is 36.4 Å². The summed E-state index contributed by atoms with van der Waals surface area (Å²) in [5, 5.41) is 0. The molecular weight excluding hydrogens is 436 g/mol. The lowest BCUT2D eigenvalue weighted by Crippen LogP contribution is -2.37. The summed E-state index contributed by atoms with van der Waals surface area (Å²) in [6.45, 7) is 4.56. The zero-order chi connectivity index (χ0) is 22.5. The van der Waals surface area contributed by atoms with Crippen molar-refractivity contribution in [2.45, 2.75) is 11.8 Å². The first-order valence-corrected chi connectivity index (χ1v) is 10.9. The Morgan fingerprint density at radius 1 is 1.12 bits per heavy atom. The van der Waals surface area contributed by atoms with Gasteiger partial charge in [-0.25, -0.2) is 23.0 Å². The van der Waals surface area contributed by atoms with Gasteiger partial charge in [0.25, 0.3) is 0 Å². The van der Waals surface area contributed by atoms with Crippen molar-refractivity contribution in [3.8, 4) is 11.8 Å². The number of hydrogen-bond acceptors (Lipinski definition) is 6.